The summed E-state index contributed by atoms with van der Waals surface area (Å²) in [6.45, 7) is 5.57. The van der Waals surface area contributed by atoms with Gasteiger partial charge >= 0.3 is 0 Å². The highest BCUT2D eigenvalue weighted by molar-refractivity contribution is 6.31. The van der Waals surface area contributed by atoms with E-state index < -0.39 is 0 Å². The van der Waals surface area contributed by atoms with E-state index in [2.05, 4.69) is 29.1 Å². The standard InChI is InChI=1S/C22H29ClN4O/c1-3-26-13-7-10-18(26)14-27(16-20-19(23)15-25(2)24-20)21(28)22(11-12-22)17-8-5-4-6-9-17/h4-6,8-9,15,18H,3,7,10-14,16H2,1-2H3/t18-/m1/s1. The van der Waals surface area contributed by atoms with Crippen molar-refractivity contribution in [3.05, 3.63) is 52.8 Å². The van der Waals surface area contributed by atoms with Crippen molar-refractivity contribution >= 4 is 17.5 Å². The first-order valence-corrected chi connectivity index (χ1v) is 10.7. The number of hydrogen-bond donors (Lipinski definition) is 0. The number of carbonyl (C=O) groups is 1. The zero-order valence-corrected chi connectivity index (χ0v) is 17.5. The Morgan fingerprint density at radius 1 is 1.32 bits per heavy atom. The molecule has 1 amide bonds. The summed E-state index contributed by atoms with van der Waals surface area (Å²) < 4.78 is 1.72. The Morgan fingerprint density at radius 3 is 2.68 bits per heavy atom. The number of aryl methyl sites for hydroxylation is 1. The second-order valence-electron chi connectivity index (χ2n) is 8.16. The molecule has 2 fully saturated rings. The van der Waals surface area contributed by atoms with E-state index in [1.54, 1.807) is 10.9 Å². The molecule has 1 aliphatic carbocycles. The predicted octanol–water partition coefficient (Wildman–Crippen LogP) is 3.62. The largest absolute Gasteiger partial charge is 0.334 e. The minimum atomic E-state index is -0.363. The Kier molecular flexibility index (Phi) is 5.48. The van der Waals surface area contributed by atoms with Crippen LogP contribution in [0.2, 0.25) is 5.02 Å². The predicted molar refractivity (Wildman–Crippen MR) is 111 cm³/mol. The minimum Gasteiger partial charge on any atom is -0.334 e. The summed E-state index contributed by atoms with van der Waals surface area (Å²) in [5.41, 5.74) is 1.55. The van der Waals surface area contributed by atoms with Crippen LogP contribution in [-0.4, -0.2) is 51.2 Å². The molecule has 6 heteroatoms. The van der Waals surface area contributed by atoms with E-state index in [9.17, 15) is 4.79 Å². The molecule has 0 spiro atoms. The van der Waals surface area contributed by atoms with Crippen LogP contribution in [0.5, 0.6) is 0 Å². The first-order valence-electron chi connectivity index (χ1n) is 10.3. The van der Waals surface area contributed by atoms with Crippen LogP contribution in [0.3, 0.4) is 0 Å². The number of likely N-dealkylation sites (tertiary alicyclic amines) is 1. The van der Waals surface area contributed by atoms with E-state index in [1.807, 2.05) is 30.1 Å². The molecule has 150 valence electrons. The second-order valence-corrected chi connectivity index (χ2v) is 8.56. The highest BCUT2D eigenvalue weighted by atomic mass is 35.5. The van der Waals surface area contributed by atoms with Gasteiger partial charge in [0, 0.05) is 25.8 Å². The van der Waals surface area contributed by atoms with Crippen molar-refractivity contribution in [2.75, 3.05) is 19.6 Å². The molecule has 1 aromatic heterocycles. The topological polar surface area (TPSA) is 41.4 Å². The molecule has 4 rings (SSSR count). The SMILES string of the molecule is CCN1CCC[C@@H]1CN(Cc1nn(C)cc1Cl)C(=O)C1(c2ccccc2)CC1. The van der Waals surface area contributed by atoms with Gasteiger partial charge in [0.1, 0.15) is 5.69 Å². The Labute approximate surface area is 172 Å². The number of hydrogen-bond acceptors (Lipinski definition) is 3. The molecular formula is C22H29ClN4O. The maximum atomic E-state index is 13.8. The fourth-order valence-electron chi connectivity index (χ4n) is 4.60. The lowest BCUT2D eigenvalue weighted by Gasteiger charge is -2.32. The maximum Gasteiger partial charge on any atom is 0.233 e. The van der Waals surface area contributed by atoms with Crippen LogP contribution in [0.25, 0.3) is 0 Å². The third-order valence-electron chi connectivity index (χ3n) is 6.30. The number of aromatic nitrogens is 2. The number of halogens is 1. The van der Waals surface area contributed by atoms with Gasteiger partial charge < -0.3 is 4.90 Å². The van der Waals surface area contributed by atoms with E-state index in [0.29, 0.717) is 17.6 Å². The van der Waals surface area contributed by atoms with Crippen LogP contribution >= 0.6 is 11.6 Å². The van der Waals surface area contributed by atoms with Crippen LogP contribution in [0.4, 0.5) is 0 Å². The highest BCUT2D eigenvalue weighted by Crippen LogP contribution is 2.50. The van der Waals surface area contributed by atoms with Crippen molar-refractivity contribution in [3.63, 3.8) is 0 Å². The quantitative estimate of drug-likeness (QED) is 0.712. The van der Waals surface area contributed by atoms with Crippen LogP contribution < -0.4 is 0 Å². The smallest absolute Gasteiger partial charge is 0.233 e. The molecule has 0 bridgehead atoms. The van der Waals surface area contributed by atoms with Gasteiger partial charge in [0.15, 0.2) is 0 Å². The third-order valence-corrected chi connectivity index (χ3v) is 6.62. The van der Waals surface area contributed by atoms with Gasteiger partial charge in [-0.05, 0) is 44.3 Å². The van der Waals surface area contributed by atoms with Crippen molar-refractivity contribution < 1.29 is 4.79 Å². The van der Waals surface area contributed by atoms with Gasteiger partial charge in [-0.15, -0.1) is 0 Å². The minimum absolute atomic E-state index is 0.225. The summed E-state index contributed by atoms with van der Waals surface area (Å²) in [5.74, 6) is 0.225. The van der Waals surface area contributed by atoms with Gasteiger partial charge in [-0.2, -0.15) is 5.10 Å². The van der Waals surface area contributed by atoms with Crippen molar-refractivity contribution in [2.45, 2.75) is 50.6 Å². The van der Waals surface area contributed by atoms with Crippen molar-refractivity contribution in [3.8, 4) is 0 Å². The number of likely N-dealkylation sites (N-methyl/N-ethyl adjacent to an activating group) is 1. The second kappa shape index (κ2) is 7.88. The van der Waals surface area contributed by atoms with E-state index in [0.717, 1.165) is 50.2 Å². The molecule has 1 aromatic carbocycles. The third kappa shape index (κ3) is 3.70. The van der Waals surface area contributed by atoms with Crippen LogP contribution in [0.1, 0.15) is 43.9 Å². The Hall–Kier alpha value is -1.85. The number of amides is 1. The summed E-state index contributed by atoms with van der Waals surface area (Å²) in [5, 5.41) is 5.13. The van der Waals surface area contributed by atoms with Crippen molar-refractivity contribution in [2.24, 2.45) is 7.05 Å². The summed E-state index contributed by atoms with van der Waals surface area (Å²) in [6.07, 6.45) is 5.99. The van der Waals surface area contributed by atoms with Gasteiger partial charge in [0.2, 0.25) is 5.91 Å². The highest BCUT2D eigenvalue weighted by Gasteiger charge is 2.53. The summed E-state index contributed by atoms with van der Waals surface area (Å²) in [6, 6.07) is 10.7. The first-order chi connectivity index (χ1) is 13.5. The van der Waals surface area contributed by atoms with Crippen LogP contribution in [0, 0.1) is 0 Å². The average molecular weight is 401 g/mol. The molecule has 1 saturated heterocycles. The molecule has 1 atom stereocenters. The number of rotatable bonds is 7. The zero-order valence-electron chi connectivity index (χ0n) is 16.8. The average Bonchev–Trinajstić information content (AvgIpc) is 3.29. The molecule has 2 aliphatic rings. The molecule has 1 saturated carbocycles. The maximum absolute atomic E-state index is 13.8. The van der Waals surface area contributed by atoms with Gasteiger partial charge in [0.25, 0.3) is 0 Å². The van der Waals surface area contributed by atoms with Crippen molar-refractivity contribution in [1.82, 2.24) is 19.6 Å². The summed E-state index contributed by atoms with van der Waals surface area (Å²) >= 11 is 6.38. The number of nitrogens with zero attached hydrogens (tertiary/aromatic N) is 4. The fraction of sp³-hybridized carbons (Fsp3) is 0.545. The summed E-state index contributed by atoms with van der Waals surface area (Å²) in [7, 11) is 1.86. The number of benzene rings is 1. The molecule has 0 unspecified atom stereocenters. The Bertz CT molecular complexity index is 830. The van der Waals surface area contributed by atoms with E-state index in [-0.39, 0.29) is 11.3 Å². The lowest BCUT2D eigenvalue weighted by Crippen LogP contribution is -2.46. The summed E-state index contributed by atoms with van der Waals surface area (Å²) in [4.78, 5) is 18.3. The van der Waals surface area contributed by atoms with Gasteiger partial charge in [-0.25, -0.2) is 0 Å². The van der Waals surface area contributed by atoms with E-state index in [4.69, 9.17) is 11.6 Å². The molecule has 0 radical (unpaired) electrons. The molecule has 1 aliphatic heterocycles. The fourth-order valence-corrected chi connectivity index (χ4v) is 4.84. The lowest BCUT2D eigenvalue weighted by molar-refractivity contribution is -0.135. The molecule has 2 aromatic rings. The zero-order chi connectivity index (χ0) is 19.7. The van der Waals surface area contributed by atoms with Gasteiger partial charge in [0.05, 0.1) is 17.0 Å². The van der Waals surface area contributed by atoms with Gasteiger partial charge in [-0.3, -0.25) is 14.4 Å². The van der Waals surface area contributed by atoms with Crippen LogP contribution in [-0.2, 0) is 23.8 Å². The first kappa shape index (κ1) is 19.5. The molecule has 2 heterocycles. The van der Waals surface area contributed by atoms with Crippen LogP contribution in [0.15, 0.2) is 36.5 Å². The monoisotopic (exact) mass is 400 g/mol. The normalized spacial score (nSPS) is 21.0. The lowest BCUT2D eigenvalue weighted by atomic mass is 9.94. The molecule has 0 N–H and O–H groups in total. The Balaban J connectivity index is 1.60. The van der Waals surface area contributed by atoms with Crippen molar-refractivity contribution in [1.29, 1.82) is 0 Å². The number of carbonyl (C=O) groups excluding carboxylic acids is 1. The molecule has 5 nitrogen and oxygen atoms in total. The molecule has 28 heavy (non-hydrogen) atoms. The van der Waals surface area contributed by atoms with E-state index in [1.165, 1.54) is 6.42 Å². The van der Waals surface area contributed by atoms with Gasteiger partial charge in [-0.1, -0.05) is 48.9 Å². The van der Waals surface area contributed by atoms with E-state index >= 15 is 0 Å². The molecular weight excluding hydrogens is 372 g/mol. The Morgan fingerprint density at radius 2 is 2.07 bits per heavy atom.